The second-order valence-electron chi connectivity index (χ2n) is 5.09. The molecule has 8 heteroatoms. The summed E-state index contributed by atoms with van der Waals surface area (Å²) < 4.78 is 15.9. The van der Waals surface area contributed by atoms with E-state index in [9.17, 15) is 25.2 Å². The van der Waals surface area contributed by atoms with E-state index in [0.717, 1.165) is 0 Å². The average molecular weight is 330 g/mol. The Bertz CT molecular complexity index is 1050. The van der Waals surface area contributed by atoms with Crippen LogP contribution in [0.3, 0.4) is 0 Å². The van der Waals surface area contributed by atoms with Gasteiger partial charge in [0.05, 0.1) is 5.56 Å². The van der Waals surface area contributed by atoms with Crippen LogP contribution in [-0.4, -0.2) is 27.2 Å². The summed E-state index contributed by atoms with van der Waals surface area (Å²) in [5, 5.41) is 39.4. The highest BCUT2D eigenvalue weighted by Gasteiger charge is 2.31. The van der Waals surface area contributed by atoms with Crippen molar-refractivity contribution in [3.05, 3.63) is 34.5 Å². The SMILES string of the molecule is O=c1c2c(-c3ccccc3O)oc3c(O)c(O)c(O)c(c13)OCO2. The maximum Gasteiger partial charge on any atom is 0.239 e. The van der Waals surface area contributed by atoms with Gasteiger partial charge in [-0.25, -0.2) is 0 Å². The van der Waals surface area contributed by atoms with Crippen molar-refractivity contribution < 1.29 is 34.3 Å². The quantitative estimate of drug-likeness (QED) is 0.499. The highest BCUT2D eigenvalue weighted by molar-refractivity contribution is 5.96. The van der Waals surface area contributed by atoms with Gasteiger partial charge in [-0.05, 0) is 12.1 Å². The van der Waals surface area contributed by atoms with Crippen molar-refractivity contribution in [3.8, 4) is 45.8 Å². The van der Waals surface area contributed by atoms with Crippen molar-refractivity contribution in [2.24, 2.45) is 0 Å². The Hall–Kier alpha value is -3.55. The Labute approximate surface area is 133 Å². The number of phenolic OH excluding ortho intramolecular Hbond substituents is 4. The molecule has 1 aromatic heterocycles. The van der Waals surface area contributed by atoms with Gasteiger partial charge in [-0.15, -0.1) is 0 Å². The van der Waals surface area contributed by atoms with Crippen LogP contribution < -0.4 is 14.9 Å². The normalized spacial score (nSPS) is 12.7. The second-order valence-corrected chi connectivity index (χ2v) is 5.09. The molecule has 0 radical (unpaired) electrons. The third-order valence-electron chi connectivity index (χ3n) is 3.73. The maximum atomic E-state index is 12.7. The zero-order valence-corrected chi connectivity index (χ0v) is 11.9. The van der Waals surface area contributed by atoms with Crippen LogP contribution in [0.5, 0.6) is 34.5 Å². The summed E-state index contributed by atoms with van der Waals surface area (Å²) in [6, 6.07) is 6.07. The standard InChI is InChI=1S/C16H10O8/c17-7-4-2-1-3-6(7)13-16-9(18)8-14(22-5-23-16)11(20)10(19)12(21)15(8)24-13/h1-4,17,19-21H,5H2. The van der Waals surface area contributed by atoms with Crippen LogP contribution in [0.4, 0.5) is 0 Å². The van der Waals surface area contributed by atoms with Crippen molar-refractivity contribution in [1.29, 1.82) is 0 Å². The number of hydrogen-bond donors (Lipinski definition) is 4. The Morgan fingerprint density at radius 2 is 1.58 bits per heavy atom. The first kappa shape index (κ1) is 14.1. The minimum absolute atomic E-state index is 0.137. The number of rotatable bonds is 1. The van der Waals surface area contributed by atoms with E-state index in [2.05, 4.69) is 0 Å². The summed E-state index contributed by atoms with van der Waals surface area (Å²) in [6.45, 7) is -0.439. The number of ether oxygens (including phenoxy) is 2. The molecule has 0 saturated heterocycles. The molecule has 0 aliphatic carbocycles. The molecule has 0 unspecified atom stereocenters. The Kier molecular flexibility index (Phi) is 2.77. The molecule has 2 bridgehead atoms. The number of benzene rings is 2. The number of fused-ring (bicyclic) bond motifs is 1. The fourth-order valence-electron chi connectivity index (χ4n) is 2.60. The lowest BCUT2D eigenvalue weighted by atomic mass is 10.1. The van der Waals surface area contributed by atoms with E-state index in [1.54, 1.807) is 12.1 Å². The summed E-state index contributed by atoms with van der Waals surface area (Å²) in [5.41, 5.74) is -0.952. The first-order valence-electron chi connectivity index (χ1n) is 6.82. The van der Waals surface area contributed by atoms with Crippen LogP contribution in [0, 0.1) is 0 Å². The average Bonchev–Trinajstić information content (AvgIpc) is 2.69. The van der Waals surface area contributed by atoms with E-state index in [4.69, 9.17) is 13.9 Å². The number of aromatic hydroxyl groups is 4. The predicted octanol–water partition coefficient (Wildman–Crippen LogP) is 2.01. The minimum atomic E-state index is -0.890. The summed E-state index contributed by atoms with van der Waals surface area (Å²) >= 11 is 0. The zero-order chi connectivity index (χ0) is 17.0. The highest BCUT2D eigenvalue weighted by atomic mass is 16.7. The molecular weight excluding hydrogens is 320 g/mol. The van der Waals surface area contributed by atoms with Gasteiger partial charge in [0.2, 0.25) is 35.2 Å². The van der Waals surface area contributed by atoms with Gasteiger partial charge >= 0.3 is 0 Å². The molecule has 0 saturated carbocycles. The van der Waals surface area contributed by atoms with Gasteiger partial charge in [0.15, 0.2) is 17.1 Å². The fourth-order valence-corrected chi connectivity index (χ4v) is 2.60. The minimum Gasteiger partial charge on any atom is -0.507 e. The zero-order valence-electron chi connectivity index (χ0n) is 11.9. The maximum absolute atomic E-state index is 12.7. The lowest BCUT2D eigenvalue weighted by Gasteiger charge is -2.10. The molecule has 24 heavy (non-hydrogen) atoms. The molecule has 0 atom stereocenters. The summed E-state index contributed by atoms with van der Waals surface area (Å²) in [4.78, 5) is 12.7. The number of para-hydroxylation sites is 1. The van der Waals surface area contributed by atoms with Gasteiger partial charge in [-0.1, -0.05) is 12.1 Å². The highest BCUT2D eigenvalue weighted by Crippen LogP contribution is 2.51. The first-order chi connectivity index (χ1) is 11.5. The summed E-state index contributed by atoms with van der Waals surface area (Å²) in [5.74, 6) is -3.41. The van der Waals surface area contributed by atoms with Crippen molar-refractivity contribution in [2.75, 3.05) is 6.79 Å². The lowest BCUT2D eigenvalue weighted by Crippen LogP contribution is -2.09. The molecule has 4 N–H and O–H groups in total. The van der Waals surface area contributed by atoms with E-state index >= 15 is 0 Å². The first-order valence-corrected chi connectivity index (χ1v) is 6.82. The molecule has 0 spiro atoms. The Morgan fingerprint density at radius 3 is 2.33 bits per heavy atom. The van der Waals surface area contributed by atoms with Crippen LogP contribution in [0.15, 0.2) is 33.5 Å². The van der Waals surface area contributed by atoms with Crippen LogP contribution in [0.25, 0.3) is 22.3 Å². The predicted molar refractivity (Wildman–Crippen MR) is 80.7 cm³/mol. The van der Waals surface area contributed by atoms with Gasteiger partial charge < -0.3 is 34.3 Å². The second kappa shape index (κ2) is 4.72. The molecule has 8 nitrogen and oxygen atoms in total. The van der Waals surface area contributed by atoms with Gasteiger partial charge in [0.1, 0.15) is 11.1 Å². The topological polar surface area (TPSA) is 130 Å². The van der Waals surface area contributed by atoms with Crippen molar-refractivity contribution >= 4 is 11.0 Å². The molecule has 2 aromatic carbocycles. The lowest BCUT2D eigenvalue weighted by molar-refractivity contribution is 0.119. The molecule has 4 rings (SSSR count). The Balaban J connectivity index is 2.21. The molecule has 1 aliphatic heterocycles. The van der Waals surface area contributed by atoms with E-state index in [1.165, 1.54) is 12.1 Å². The van der Waals surface area contributed by atoms with Crippen LogP contribution in [0.2, 0.25) is 0 Å². The van der Waals surface area contributed by atoms with Gasteiger partial charge in [0, 0.05) is 0 Å². The Morgan fingerprint density at radius 1 is 0.875 bits per heavy atom. The van der Waals surface area contributed by atoms with E-state index in [1.807, 2.05) is 0 Å². The van der Waals surface area contributed by atoms with Crippen molar-refractivity contribution in [1.82, 2.24) is 0 Å². The summed E-state index contributed by atoms with van der Waals surface area (Å²) in [6.07, 6.45) is 0. The third kappa shape index (κ3) is 1.70. The molecule has 0 fully saturated rings. The largest absolute Gasteiger partial charge is 0.507 e. The fraction of sp³-hybridized carbons (Fsp3) is 0.0625. The molecular formula is C16H10O8. The van der Waals surface area contributed by atoms with Crippen LogP contribution in [0.1, 0.15) is 0 Å². The number of phenols is 4. The van der Waals surface area contributed by atoms with Gasteiger partial charge in [-0.3, -0.25) is 4.79 Å². The summed E-state index contributed by atoms with van der Waals surface area (Å²) in [7, 11) is 0. The monoisotopic (exact) mass is 330 g/mol. The van der Waals surface area contributed by atoms with E-state index < -0.39 is 35.1 Å². The van der Waals surface area contributed by atoms with E-state index in [-0.39, 0.29) is 34.0 Å². The smallest absolute Gasteiger partial charge is 0.239 e. The molecule has 2 heterocycles. The molecule has 1 aliphatic rings. The van der Waals surface area contributed by atoms with Crippen molar-refractivity contribution in [2.45, 2.75) is 0 Å². The third-order valence-corrected chi connectivity index (χ3v) is 3.73. The number of hydrogen-bond acceptors (Lipinski definition) is 8. The molecule has 3 aromatic rings. The molecule has 122 valence electrons. The van der Waals surface area contributed by atoms with E-state index in [0.29, 0.717) is 0 Å². The van der Waals surface area contributed by atoms with Crippen molar-refractivity contribution in [3.63, 3.8) is 0 Å². The van der Waals surface area contributed by atoms with Gasteiger partial charge in [-0.2, -0.15) is 0 Å². The van der Waals surface area contributed by atoms with Gasteiger partial charge in [0.25, 0.3) is 0 Å². The van der Waals surface area contributed by atoms with Crippen LogP contribution >= 0.6 is 0 Å². The molecule has 0 amide bonds. The van der Waals surface area contributed by atoms with Crippen LogP contribution in [-0.2, 0) is 0 Å².